The Hall–Kier alpha value is -2.99. The summed E-state index contributed by atoms with van der Waals surface area (Å²) < 4.78 is 10.5. The summed E-state index contributed by atoms with van der Waals surface area (Å²) in [5.41, 5.74) is 3.67. The lowest BCUT2D eigenvalue weighted by molar-refractivity contribution is -0.168. The molecule has 2 bridgehead atoms. The van der Waals surface area contributed by atoms with Crippen molar-refractivity contribution < 1.29 is 23.9 Å². The Balaban J connectivity index is 1.99. The third-order valence-electron chi connectivity index (χ3n) is 6.05. The highest BCUT2D eigenvalue weighted by Gasteiger charge is 2.56. The standard InChI is InChI=1S/C24H25NO5/c1-4-29-23(27)18-20-16-12-8-6-10-14(16)15-11-7-9-13-17(15)21(25(20)3)19(22(18)26)24(28)30-5-2/h6-13,18-21H,4-5H2,1-3H3/t18-,19-,20-,21+/m0/s1. The summed E-state index contributed by atoms with van der Waals surface area (Å²) >= 11 is 0. The van der Waals surface area contributed by atoms with Gasteiger partial charge >= 0.3 is 11.9 Å². The van der Waals surface area contributed by atoms with E-state index in [4.69, 9.17) is 9.47 Å². The van der Waals surface area contributed by atoms with Gasteiger partial charge < -0.3 is 9.47 Å². The van der Waals surface area contributed by atoms with Crippen LogP contribution in [-0.2, 0) is 23.9 Å². The summed E-state index contributed by atoms with van der Waals surface area (Å²) in [6.07, 6.45) is 0. The van der Waals surface area contributed by atoms with Crippen molar-refractivity contribution >= 4 is 17.7 Å². The molecule has 0 aromatic heterocycles. The topological polar surface area (TPSA) is 72.9 Å². The van der Waals surface area contributed by atoms with Crippen molar-refractivity contribution in [3.05, 3.63) is 59.7 Å². The van der Waals surface area contributed by atoms with Gasteiger partial charge in [-0.25, -0.2) is 0 Å². The van der Waals surface area contributed by atoms with Crippen LogP contribution in [0.5, 0.6) is 0 Å². The van der Waals surface area contributed by atoms with Gasteiger partial charge in [-0.2, -0.15) is 0 Å². The van der Waals surface area contributed by atoms with Gasteiger partial charge in [-0.3, -0.25) is 19.3 Å². The maximum absolute atomic E-state index is 13.7. The molecule has 2 aliphatic rings. The molecular formula is C24H25NO5. The molecule has 6 heteroatoms. The Bertz CT molecular complexity index is 923. The van der Waals surface area contributed by atoms with Gasteiger partial charge in [0, 0.05) is 0 Å². The molecule has 2 aromatic carbocycles. The van der Waals surface area contributed by atoms with Crippen LogP contribution in [0.15, 0.2) is 48.5 Å². The number of fused-ring (bicyclic) bond motifs is 7. The van der Waals surface area contributed by atoms with E-state index in [9.17, 15) is 14.4 Å². The van der Waals surface area contributed by atoms with E-state index in [1.807, 2.05) is 60.5 Å². The number of nitrogens with zero attached hydrogens (tertiary/aromatic N) is 1. The van der Waals surface area contributed by atoms with Gasteiger partial charge in [0.1, 0.15) is 11.8 Å². The van der Waals surface area contributed by atoms with Crippen molar-refractivity contribution in [2.75, 3.05) is 20.3 Å². The number of rotatable bonds is 4. The maximum Gasteiger partial charge on any atom is 0.318 e. The van der Waals surface area contributed by atoms with Crippen LogP contribution in [0.1, 0.15) is 37.1 Å². The van der Waals surface area contributed by atoms with Gasteiger partial charge in [-0.1, -0.05) is 48.5 Å². The molecule has 1 saturated heterocycles. The molecule has 0 saturated carbocycles. The molecule has 1 fully saturated rings. The van der Waals surface area contributed by atoms with Crippen LogP contribution < -0.4 is 0 Å². The molecule has 0 amide bonds. The van der Waals surface area contributed by atoms with Crippen LogP contribution in [0.25, 0.3) is 11.1 Å². The first-order chi connectivity index (χ1) is 14.5. The Morgan fingerprint density at radius 3 is 1.60 bits per heavy atom. The second-order valence-electron chi connectivity index (χ2n) is 7.59. The number of hydrogen-bond acceptors (Lipinski definition) is 6. The van der Waals surface area contributed by atoms with Crippen LogP contribution in [0.3, 0.4) is 0 Å². The molecule has 0 unspecified atom stereocenters. The van der Waals surface area contributed by atoms with E-state index in [2.05, 4.69) is 0 Å². The fourth-order valence-corrected chi connectivity index (χ4v) is 4.90. The van der Waals surface area contributed by atoms with Crippen LogP contribution in [0.4, 0.5) is 0 Å². The van der Waals surface area contributed by atoms with E-state index in [0.717, 1.165) is 22.3 Å². The molecule has 2 aliphatic heterocycles. The minimum Gasteiger partial charge on any atom is -0.465 e. The number of piperidine rings is 1. The summed E-state index contributed by atoms with van der Waals surface area (Å²) in [6.45, 7) is 3.73. The third-order valence-corrected chi connectivity index (χ3v) is 6.05. The molecule has 30 heavy (non-hydrogen) atoms. The lowest BCUT2D eigenvalue weighted by Gasteiger charge is -2.45. The zero-order valence-electron chi connectivity index (χ0n) is 17.3. The van der Waals surface area contributed by atoms with E-state index < -0.39 is 41.6 Å². The molecule has 6 nitrogen and oxygen atoms in total. The van der Waals surface area contributed by atoms with Crippen LogP contribution in [0, 0.1) is 11.8 Å². The van der Waals surface area contributed by atoms with Crippen molar-refractivity contribution in [3.8, 4) is 11.1 Å². The number of carbonyl (C=O) groups excluding carboxylic acids is 3. The molecule has 0 spiro atoms. The van der Waals surface area contributed by atoms with Crippen LogP contribution in [0.2, 0.25) is 0 Å². The molecule has 4 rings (SSSR count). The predicted molar refractivity (Wildman–Crippen MR) is 110 cm³/mol. The van der Waals surface area contributed by atoms with E-state index in [-0.39, 0.29) is 13.2 Å². The minimum atomic E-state index is -1.10. The average Bonchev–Trinajstić information content (AvgIpc) is 2.81. The number of carbonyl (C=O) groups is 3. The normalized spacial score (nSPS) is 25.0. The summed E-state index contributed by atoms with van der Waals surface area (Å²) in [5, 5.41) is 0. The molecular weight excluding hydrogens is 382 g/mol. The van der Waals surface area contributed by atoms with Crippen molar-refractivity contribution in [3.63, 3.8) is 0 Å². The number of ketones is 1. The van der Waals surface area contributed by atoms with Crippen molar-refractivity contribution in [2.24, 2.45) is 11.8 Å². The quantitative estimate of drug-likeness (QED) is 0.572. The van der Waals surface area contributed by atoms with Gasteiger partial charge in [0.25, 0.3) is 0 Å². The Labute approximate surface area is 175 Å². The molecule has 156 valence electrons. The fourth-order valence-electron chi connectivity index (χ4n) is 4.90. The molecule has 0 radical (unpaired) electrons. The number of Topliss-reactive ketones (excluding diaryl/α,β-unsaturated/α-hetero) is 1. The average molecular weight is 407 g/mol. The van der Waals surface area contributed by atoms with Gasteiger partial charge in [-0.05, 0) is 43.1 Å². The highest BCUT2D eigenvalue weighted by Crippen LogP contribution is 2.52. The van der Waals surface area contributed by atoms with Crippen LogP contribution in [-0.4, -0.2) is 42.9 Å². The highest BCUT2D eigenvalue weighted by atomic mass is 16.5. The summed E-state index contributed by atoms with van der Waals surface area (Å²) in [6, 6.07) is 14.5. The second kappa shape index (κ2) is 8.03. The number of hydrogen-bond donors (Lipinski definition) is 0. The van der Waals surface area contributed by atoms with Gasteiger partial charge in [0.15, 0.2) is 5.78 Å². The number of esters is 2. The predicted octanol–water partition coefficient (Wildman–Crippen LogP) is 3.32. The van der Waals surface area contributed by atoms with Gasteiger partial charge in [-0.15, -0.1) is 0 Å². The maximum atomic E-state index is 13.7. The first kappa shape index (κ1) is 20.3. The third kappa shape index (κ3) is 3.03. The Kier molecular flexibility index (Phi) is 5.43. The van der Waals surface area contributed by atoms with E-state index in [1.165, 1.54) is 0 Å². The van der Waals surface area contributed by atoms with E-state index in [1.54, 1.807) is 13.8 Å². The first-order valence-electron chi connectivity index (χ1n) is 10.3. The second-order valence-corrected chi connectivity index (χ2v) is 7.59. The summed E-state index contributed by atoms with van der Waals surface area (Å²) in [5.74, 6) is -3.85. The fraction of sp³-hybridized carbons (Fsp3) is 0.375. The molecule has 0 aliphatic carbocycles. The largest absolute Gasteiger partial charge is 0.465 e. The summed E-state index contributed by atoms with van der Waals surface area (Å²) in [4.78, 5) is 41.5. The zero-order chi connectivity index (χ0) is 21.4. The van der Waals surface area contributed by atoms with Gasteiger partial charge in [0.05, 0.1) is 25.3 Å². The monoisotopic (exact) mass is 407 g/mol. The van der Waals surface area contributed by atoms with E-state index in [0.29, 0.717) is 0 Å². The lowest BCUT2D eigenvalue weighted by Crippen LogP contribution is -2.54. The Morgan fingerprint density at radius 1 is 0.800 bits per heavy atom. The molecule has 4 atom stereocenters. The minimum absolute atomic E-state index is 0.161. The number of benzene rings is 2. The molecule has 2 heterocycles. The van der Waals surface area contributed by atoms with Crippen molar-refractivity contribution in [2.45, 2.75) is 25.9 Å². The smallest absolute Gasteiger partial charge is 0.318 e. The molecule has 2 aromatic rings. The van der Waals surface area contributed by atoms with Crippen molar-refractivity contribution in [1.82, 2.24) is 4.90 Å². The van der Waals surface area contributed by atoms with Gasteiger partial charge in [0.2, 0.25) is 0 Å². The van der Waals surface area contributed by atoms with Crippen molar-refractivity contribution in [1.29, 1.82) is 0 Å². The zero-order valence-corrected chi connectivity index (χ0v) is 17.3. The lowest BCUT2D eigenvalue weighted by atomic mass is 9.74. The van der Waals surface area contributed by atoms with Crippen LogP contribution >= 0.6 is 0 Å². The van der Waals surface area contributed by atoms with E-state index >= 15 is 0 Å². The number of ether oxygens (including phenoxy) is 2. The SMILES string of the molecule is CCOC(=O)[C@@H]1C(=O)[C@@H](C(=O)OCC)[C@@H]2c3ccccc3-c3ccccc3[C@H]1N2C. The first-order valence-corrected chi connectivity index (χ1v) is 10.3. The Morgan fingerprint density at radius 2 is 1.20 bits per heavy atom. The highest BCUT2D eigenvalue weighted by molar-refractivity contribution is 6.10. The molecule has 0 N–H and O–H groups in total. The summed E-state index contributed by atoms with van der Waals surface area (Å²) in [7, 11) is 1.86.